The summed E-state index contributed by atoms with van der Waals surface area (Å²) in [6.45, 7) is 10.5. The quantitative estimate of drug-likeness (QED) is 0.0959. The van der Waals surface area contributed by atoms with Crippen LogP contribution in [0.25, 0.3) is 56.1 Å². The Bertz CT molecular complexity index is 4500. The summed E-state index contributed by atoms with van der Waals surface area (Å²) in [6, 6.07) is 24.3. The molecule has 4 saturated heterocycles. The number of thiazole rings is 2. The predicted molar refractivity (Wildman–Crippen MR) is 369 cm³/mol. The number of alkyl halides is 1. The van der Waals surface area contributed by atoms with Gasteiger partial charge in [0.2, 0.25) is 0 Å². The number of aliphatic carboxylic acids is 1. The number of carbonyl (C=O) groups is 3. The molecule has 4 aliphatic rings. The first-order valence-electron chi connectivity index (χ1n) is 32.4. The third-order valence-electron chi connectivity index (χ3n) is 17.4. The van der Waals surface area contributed by atoms with E-state index in [1.54, 1.807) is 34.1 Å². The van der Waals surface area contributed by atoms with E-state index in [1.807, 2.05) is 113 Å². The highest BCUT2D eigenvalue weighted by Gasteiger charge is 2.34. The van der Waals surface area contributed by atoms with Gasteiger partial charge in [0.25, 0.3) is 0 Å². The van der Waals surface area contributed by atoms with Crippen molar-refractivity contribution in [1.29, 1.82) is 10.5 Å². The molecule has 0 unspecified atom stereocenters. The number of piperidine rings is 2. The van der Waals surface area contributed by atoms with Gasteiger partial charge < -0.3 is 30.0 Å². The number of nitrogens with zero attached hydrogens (tertiary/aromatic N) is 17. The lowest BCUT2D eigenvalue weighted by atomic mass is 9.95. The topological polar surface area (TPSA) is 259 Å². The molecular formula is C69H72ClF3N18O4S2. The van der Waals surface area contributed by atoms with Gasteiger partial charge in [-0.1, -0.05) is 36.5 Å². The summed E-state index contributed by atoms with van der Waals surface area (Å²) in [5, 5.41) is 33.1. The molecule has 14 rings (SSSR count). The summed E-state index contributed by atoms with van der Waals surface area (Å²) in [6.07, 6.45) is 18.1. The minimum absolute atomic E-state index is 0. The van der Waals surface area contributed by atoms with E-state index in [1.165, 1.54) is 66.4 Å². The highest BCUT2D eigenvalue weighted by molar-refractivity contribution is 7.17. The van der Waals surface area contributed by atoms with Crippen LogP contribution in [-0.4, -0.2) is 166 Å². The van der Waals surface area contributed by atoms with E-state index in [9.17, 15) is 38.1 Å². The number of rotatable bonds is 14. The highest BCUT2D eigenvalue weighted by Crippen LogP contribution is 2.40. The first kappa shape index (κ1) is 68.6. The van der Waals surface area contributed by atoms with Crippen molar-refractivity contribution in [2.24, 2.45) is 0 Å². The van der Waals surface area contributed by atoms with Crippen LogP contribution in [0.15, 0.2) is 110 Å². The molecule has 22 nitrogen and oxygen atoms in total. The summed E-state index contributed by atoms with van der Waals surface area (Å²) in [5.74, 6) is 1.23. The Balaban J connectivity index is 0.000000192. The second-order valence-corrected chi connectivity index (χ2v) is 25.3. The number of imidazole rings is 2. The lowest BCUT2D eigenvalue weighted by Crippen LogP contribution is -2.52. The monoisotopic (exact) mass is 1370 g/mol. The zero-order chi connectivity index (χ0) is 68.3. The number of nitrogens with one attached hydrogen (secondary N) is 1. The van der Waals surface area contributed by atoms with Gasteiger partial charge in [0.05, 0.1) is 26.5 Å². The molecule has 0 aliphatic carbocycles. The predicted octanol–water partition coefficient (Wildman–Crippen LogP) is 11.7. The van der Waals surface area contributed by atoms with Crippen molar-refractivity contribution in [2.45, 2.75) is 77.0 Å². The largest absolute Gasteiger partial charge is 0.480 e. The van der Waals surface area contributed by atoms with Crippen molar-refractivity contribution < 1.29 is 34.0 Å². The second-order valence-electron chi connectivity index (χ2n) is 23.4. The molecule has 0 radical (unpaired) electrons. The van der Waals surface area contributed by atoms with E-state index >= 15 is 0 Å². The number of aromatic nitrogens is 10. The van der Waals surface area contributed by atoms with Crippen molar-refractivity contribution in [1.82, 2.24) is 68.7 Å². The van der Waals surface area contributed by atoms with E-state index < -0.39 is 19.0 Å². The lowest BCUT2D eigenvalue weighted by molar-refractivity contribution is -0.154. The Morgan fingerprint density at radius 1 is 0.598 bits per heavy atom. The zero-order valence-corrected chi connectivity index (χ0v) is 56.4. The minimum Gasteiger partial charge on any atom is -0.480 e. The fraction of sp³-hybridized carbons (Fsp3) is 0.348. The van der Waals surface area contributed by atoms with Gasteiger partial charge in [-0.25, -0.2) is 48.7 Å². The molecule has 97 heavy (non-hydrogen) atoms. The number of hydrogen-bond acceptors (Lipinski definition) is 19. The van der Waals surface area contributed by atoms with Crippen LogP contribution < -0.4 is 15.1 Å². The lowest BCUT2D eigenvalue weighted by Gasteiger charge is -2.35. The van der Waals surface area contributed by atoms with Crippen LogP contribution in [0.2, 0.25) is 0 Å². The number of fused-ring (bicyclic) bond motifs is 2. The first-order valence-corrected chi connectivity index (χ1v) is 33.3. The second kappa shape index (κ2) is 31.9. The molecule has 0 saturated carbocycles. The number of benzene rings is 2. The van der Waals surface area contributed by atoms with E-state index in [-0.39, 0.29) is 48.3 Å². The number of carbonyl (C=O) groups excluding carboxylic acids is 2. The number of amides is 2. The van der Waals surface area contributed by atoms with Crippen molar-refractivity contribution in [3.8, 4) is 56.9 Å². The van der Waals surface area contributed by atoms with Crippen molar-refractivity contribution in [3.05, 3.63) is 154 Å². The molecule has 28 heteroatoms. The molecule has 2 aromatic carbocycles. The van der Waals surface area contributed by atoms with Crippen LogP contribution in [0.1, 0.15) is 98.4 Å². The Hall–Kier alpha value is -9.77. The number of anilines is 4. The molecule has 2 amide bonds. The fourth-order valence-corrected chi connectivity index (χ4v) is 13.5. The van der Waals surface area contributed by atoms with Crippen LogP contribution in [0.3, 0.4) is 0 Å². The van der Waals surface area contributed by atoms with Crippen LogP contribution in [0, 0.1) is 34.3 Å². The van der Waals surface area contributed by atoms with Gasteiger partial charge >= 0.3 is 17.8 Å². The molecule has 0 spiro atoms. The number of likely N-dealkylation sites (tertiary alicyclic amines) is 3. The van der Waals surface area contributed by atoms with Gasteiger partial charge in [0, 0.05) is 123 Å². The standard InChI is InChI=1S/C34H32FN9O2S.C31H29FN8O2S.C3H7N.CH3F.ClH/c1-3-26-31(41(2)34-40-29(27(17-36)47-34)21-5-8-25(35)9-6-21)44-20-23(7-10-28(44)39-26)24-18-37-30(38-19-24)22-11-15-43(16-12-22)33(46)32(45)42-13-4-14-42;1-3-24-30(38(2)31-37-28(25(14-33)43-31)19-4-7-23(32)8-5-19)40-17-21(6-9-26(40)36-24)22-15-34-29(35-16-22)20-10-12-39(13-11-20)18-27(41)42;1-2-4-3-1;1-2;/h5-10,18-20,22H,3-4,11-16H2,1-2H3;4-9,15-17,20H,3,10-13,18H2,1-2H3,(H,41,42);4H,1-3H2;1H3;1H/i;;;1D;. The third kappa shape index (κ3) is 15.6. The van der Waals surface area contributed by atoms with Crippen molar-refractivity contribution >= 4 is 86.1 Å². The number of aryl methyl sites for hydroxylation is 2. The zero-order valence-electron chi connectivity index (χ0n) is 54.9. The Morgan fingerprint density at radius 3 is 1.31 bits per heavy atom. The van der Waals surface area contributed by atoms with E-state index in [0.29, 0.717) is 94.4 Å². The molecule has 0 bridgehead atoms. The summed E-state index contributed by atoms with van der Waals surface area (Å²) >= 11 is 2.55. The van der Waals surface area contributed by atoms with Gasteiger partial charge in [-0.05, 0) is 150 Å². The van der Waals surface area contributed by atoms with Gasteiger partial charge in [-0.3, -0.25) is 32.5 Å². The number of pyridine rings is 2. The van der Waals surface area contributed by atoms with Crippen LogP contribution in [0.4, 0.5) is 35.1 Å². The Morgan fingerprint density at radius 2 is 0.969 bits per heavy atom. The normalized spacial score (nSPS) is 14.8. The molecule has 4 aliphatic heterocycles. The van der Waals surface area contributed by atoms with Gasteiger partial charge in [0.1, 0.15) is 79.5 Å². The summed E-state index contributed by atoms with van der Waals surface area (Å²) < 4.78 is 46.6. The fourth-order valence-electron chi connectivity index (χ4n) is 11.8. The molecule has 8 aromatic heterocycles. The van der Waals surface area contributed by atoms with Crippen molar-refractivity contribution in [2.75, 3.05) is 90.0 Å². The molecule has 502 valence electrons. The SMILES string of the molecule is C1CNC1.CCc1nc2ccc(-c3cnc(C4CCN(C(=O)C(=O)N5CCC5)CC4)nc3)cn2c1N(C)c1nc(-c2ccc(F)cc2)c(C#N)s1.CCc1nc2ccc(-c3cnc(C4CCN(CC(=O)O)CC4)nc3)cn2c1N(C)c1nc(-c2ccc(F)cc2)c(C#N)s1.Cl.[2H]CF. The van der Waals surface area contributed by atoms with Crippen LogP contribution >= 0.6 is 35.1 Å². The maximum atomic E-state index is 13.6. The smallest absolute Gasteiger partial charge is 0.317 e. The molecule has 12 heterocycles. The minimum atomic E-state index is -1.00. The maximum Gasteiger partial charge on any atom is 0.317 e. The number of carboxylic acid groups (broad SMARTS) is 1. The molecule has 2 N–H and O–H groups in total. The van der Waals surface area contributed by atoms with E-state index in [4.69, 9.17) is 36.4 Å². The van der Waals surface area contributed by atoms with Gasteiger partial charge in [-0.15, -0.1) is 12.4 Å². The molecule has 4 fully saturated rings. The number of halogens is 4. The summed E-state index contributed by atoms with van der Waals surface area (Å²) in [5.41, 5.74) is 9.27. The molecule has 10 aromatic rings. The Labute approximate surface area is 574 Å². The number of nitriles is 2. The van der Waals surface area contributed by atoms with Crippen molar-refractivity contribution in [3.63, 3.8) is 0 Å². The summed E-state index contributed by atoms with van der Waals surface area (Å²) in [4.78, 5) is 84.0. The van der Waals surface area contributed by atoms with Crippen LogP contribution in [-0.2, 0) is 27.2 Å². The van der Waals surface area contributed by atoms with E-state index in [0.717, 1.165) is 101 Å². The average molecular weight is 1380 g/mol. The van der Waals surface area contributed by atoms with Gasteiger partial charge in [0.15, 0.2) is 10.3 Å². The third-order valence-corrected chi connectivity index (χ3v) is 19.5. The molecular weight excluding hydrogens is 1300 g/mol. The van der Waals surface area contributed by atoms with E-state index in [2.05, 4.69) is 27.4 Å². The average Bonchev–Trinajstić information content (AvgIpc) is 1.61. The highest BCUT2D eigenvalue weighted by atomic mass is 35.5. The molecule has 0 atom stereocenters. The van der Waals surface area contributed by atoms with Crippen LogP contribution in [0.5, 0.6) is 0 Å². The van der Waals surface area contributed by atoms with Gasteiger partial charge in [-0.2, -0.15) is 10.5 Å². The first-order chi connectivity index (χ1) is 47.1. The number of carboxylic acids is 1. The Kier molecular flexibility index (Phi) is 22.5. The number of hydrogen-bond donors (Lipinski definition) is 2. The maximum absolute atomic E-state index is 13.6. The summed E-state index contributed by atoms with van der Waals surface area (Å²) in [7, 11) is 2.81.